The third-order valence-electron chi connectivity index (χ3n) is 5.92. The van der Waals surface area contributed by atoms with Gasteiger partial charge in [-0.15, -0.1) is 0 Å². The Balaban J connectivity index is 2.12. The molecule has 1 saturated heterocycles. The zero-order chi connectivity index (χ0) is 14.0. The van der Waals surface area contributed by atoms with Gasteiger partial charge in [-0.3, -0.25) is 0 Å². The number of nitrogens with one attached hydrogen (secondary N) is 1. The van der Waals surface area contributed by atoms with E-state index in [1.165, 1.54) is 38.5 Å². The molecule has 2 aliphatic rings. The van der Waals surface area contributed by atoms with Crippen molar-refractivity contribution in [1.29, 1.82) is 0 Å². The first kappa shape index (κ1) is 15.3. The van der Waals surface area contributed by atoms with Gasteiger partial charge in [-0.25, -0.2) is 10.4 Å². The third-order valence-corrected chi connectivity index (χ3v) is 5.92. The largest absolute Gasteiger partial charge is 0.329 e. The molecule has 3 N–H and O–H groups in total. The second-order valence-corrected chi connectivity index (χ2v) is 7.17. The average Bonchev–Trinajstić information content (AvgIpc) is 2.39. The summed E-state index contributed by atoms with van der Waals surface area (Å²) < 4.78 is 0. The lowest BCUT2D eigenvalue weighted by atomic mass is 9.68. The molecule has 1 aliphatic carbocycles. The van der Waals surface area contributed by atoms with Crippen LogP contribution in [-0.2, 0) is 0 Å². The SMILES string of the molecule is CC1CCCC(CN)(NN2C(C)CCCC2C)C1C. The molecule has 1 saturated carbocycles. The summed E-state index contributed by atoms with van der Waals surface area (Å²) in [5.74, 6) is 1.44. The smallest absolute Gasteiger partial charge is 0.0476 e. The number of hydrogen-bond acceptors (Lipinski definition) is 3. The van der Waals surface area contributed by atoms with Crippen LogP contribution in [0.5, 0.6) is 0 Å². The van der Waals surface area contributed by atoms with Gasteiger partial charge in [-0.05, 0) is 44.9 Å². The highest BCUT2D eigenvalue weighted by Crippen LogP contribution is 2.38. The summed E-state index contributed by atoms with van der Waals surface area (Å²) in [5, 5.41) is 2.52. The van der Waals surface area contributed by atoms with Crippen LogP contribution in [0.1, 0.15) is 66.2 Å². The lowest BCUT2D eigenvalue weighted by Crippen LogP contribution is -2.67. The maximum Gasteiger partial charge on any atom is 0.0476 e. The fraction of sp³-hybridized carbons (Fsp3) is 1.00. The van der Waals surface area contributed by atoms with Crippen molar-refractivity contribution in [3.8, 4) is 0 Å². The summed E-state index contributed by atoms with van der Waals surface area (Å²) in [6.45, 7) is 10.2. The molecule has 2 fully saturated rings. The maximum atomic E-state index is 6.21. The van der Waals surface area contributed by atoms with Gasteiger partial charge >= 0.3 is 0 Å². The molecule has 2 rings (SSSR count). The van der Waals surface area contributed by atoms with Crippen molar-refractivity contribution in [2.75, 3.05) is 6.54 Å². The minimum absolute atomic E-state index is 0.123. The molecule has 0 amide bonds. The van der Waals surface area contributed by atoms with Crippen molar-refractivity contribution >= 4 is 0 Å². The van der Waals surface area contributed by atoms with Crippen molar-refractivity contribution < 1.29 is 0 Å². The van der Waals surface area contributed by atoms with Crippen LogP contribution in [-0.4, -0.2) is 29.2 Å². The van der Waals surface area contributed by atoms with Gasteiger partial charge in [-0.2, -0.15) is 0 Å². The minimum Gasteiger partial charge on any atom is -0.329 e. The van der Waals surface area contributed by atoms with Crippen LogP contribution >= 0.6 is 0 Å². The first-order chi connectivity index (χ1) is 9.00. The van der Waals surface area contributed by atoms with E-state index < -0.39 is 0 Å². The fourth-order valence-corrected chi connectivity index (χ4v) is 4.15. The number of hydrazine groups is 1. The number of hydrogen-bond donors (Lipinski definition) is 2. The van der Waals surface area contributed by atoms with Crippen molar-refractivity contribution in [2.24, 2.45) is 17.6 Å². The van der Waals surface area contributed by atoms with Crippen LogP contribution in [0, 0.1) is 11.8 Å². The highest BCUT2D eigenvalue weighted by molar-refractivity contribution is 4.99. The van der Waals surface area contributed by atoms with Gasteiger partial charge in [0.25, 0.3) is 0 Å². The number of piperidine rings is 1. The zero-order valence-electron chi connectivity index (χ0n) is 13.3. The first-order valence-corrected chi connectivity index (χ1v) is 8.26. The number of nitrogens with two attached hydrogens (primary N) is 1. The van der Waals surface area contributed by atoms with Crippen LogP contribution in [0.4, 0.5) is 0 Å². The molecule has 112 valence electrons. The Hall–Kier alpha value is -0.120. The van der Waals surface area contributed by atoms with E-state index in [0.29, 0.717) is 18.0 Å². The van der Waals surface area contributed by atoms with Crippen LogP contribution in [0.2, 0.25) is 0 Å². The zero-order valence-corrected chi connectivity index (χ0v) is 13.3. The highest BCUT2D eigenvalue weighted by Gasteiger charge is 2.43. The van der Waals surface area contributed by atoms with Crippen LogP contribution in [0.3, 0.4) is 0 Å². The summed E-state index contributed by atoms with van der Waals surface area (Å²) in [7, 11) is 0. The van der Waals surface area contributed by atoms with E-state index in [9.17, 15) is 0 Å². The van der Waals surface area contributed by atoms with Gasteiger partial charge in [0, 0.05) is 24.2 Å². The van der Waals surface area contributed by atoms with Crippen molar-refractivity contribution in [1.82, 2.24) is 10.4 Å². The molecule has 0 aromatic heterocycles. The molecule has 19 heavy (non-hydrogen) atoms. The quantitative estimate of drug-likeness (QED) is 0.826. The summed E-state index contributed by atoms with van der Waals surface area (Å²) in [4.78, 5) is 0. The van der Waals surface area contributed by atoms with Crippen LogP contribution in [0.25, 0.3) is 0 Å². The molecule has 0 radical (unpaired) electrons. The predicted octanol–water partition coefficient (Wildman–Crippen LogP) is 2.91. The van der Waals surface area contributed by atoms with Crippen LogP contribution in [0.15, 0.2) is 0 Å². The summed E-state index contributed by atoms with van der Waals surface area (Å²) in [6, 6.07) is 1.27. The van der Waals surface area contributed by atoms with E-state index in [4.69, 9.17) is 5.73 Å². The van der Waals surface area contributed by atoms with Crippen molar-refractivity contribution in [3.05, 3.63) is 0 Å². The molecule has 3 heteroatoms. The van der Waals surface area contributed by atoms with E-state index in [1.807, 2.05) is 0 Å². The van der Waals surface area contributed by atoms with E-state index >= 15 is 0 Å². The van der Waals surface area contributed by atoms with Crippen molar-refractivity contribution in [2.45, 2.75) is 83.8 Å². The van der Waals surface area contributed by atoms with E-state index in [-0.39, 0.29) is 5.54 Å². The van der Waals surface area contributed by atoms with Crippen LogP contribution < -0.4 is 11.2 Å². The first-order valence-electron chi connectivity index (χ1n) is 8.26. The highest BCUT2D eigenvalue weighted by atomic mass is 15.6. The second-order valence-electron chi connectivity index (χ2n) is 7.17. The van der Waals surface area contributed by atoms with Gasteiger partial charge in [0.15, 0.2) is 0 Å². The average molecular weight is 267 g/mol. The predicted molar refractivity (Wildman–Crippen MR) is 81.7 cm³/mol. The van der Waals surface area contributed by atoms with Gasteiger partial charge in [0.1, 0.15) is 0 Å². The fourth-order valence-electron chi connectivity index (χ4n) is 4.15. The minimum atomic E-state index is 0.123. The second kappa shape index (κ2) is 6.11. The summed E-state index contributed by atoms with van der Waals surface area (Å²) in [5.41, 5.74) is 10.2. The molecule has 5 atom stereocenters. The molecule has 5 unspecified atom stereocenters. The van der Waals surface area contributed by atoms with Gasteiger partial charge in [0.05, 0.1) is 0 Å². The topological polar surface area (TPSA) is 41.3 Å². The molecule has 0 aromatic carbocycles. The molecule has 0 aromatic rings. The van der Waals surface area contributed by atoms with Crippen molar-refractivity contribution in [3.63, 3.8) is 0 Å². The molecule has 3 nitrogen and oxygen atoms in total. The monoisotopic (exact) mass is 267 g/mol. The van der Waals surface area contributed by atoms with Gasteiger partial charge in [-0.1, -0.05) is 33.1 Å². The van der Waals surface area contributed by atoms with E-state index in [1.54, 1.807) is 0 Å². The third kappa shape index (κ3) is 2.98. The maximum absolute atomic E-state index is 6.21. The standard InChI is InChI=1S/C16H33N3/c1-12-7-6-10-16(11-17,15(12)4)18-19-13(2)8-5-9-14(19)3/h12-15,18H,5-11,17H2,1-4H3. The Labute approximate surface area is 119 Å². The summed E-state index contributed by atoms with van der Waals surface area (Å²) in [6.07, 6.45) is 7.87. The molecular formula is C16H33N3. The Morgan fingerprint density at radius 2 is 1.68 bits per heavy atom. The summed E-state index contributed by atoms with van der Waals surface area (Å²) >= 11 is 0. The van der Waals surface area contributed by atoms with Gasteiger partial charge in [0.2, 0.25) is 0 Å². The Kier molecular flexibility index (Phi) is 4.91. The molecule has 1 aliphatic heterocycles. The Bertz CT molecular complexity index is 284. The number of nitrogens with zero attached hydrogens (tertiary/aromatic N) is 1. The molecule has 0 bridgehead atoms. The molecule has 1 heterocycles. The van der Waals surface area contributed by atoms with E-state index in [0.717, 1.165) is 12.5 Å². The van der Waals surface area contributed by atoms with E-state index in [2.05, 4.69) is 38.1 Å². The lowest BCUT2D eigenvalue weighted by Gasteiger charge is -2.52. The molecular weight excluding hydrogens is 234 g/mol. The lowest BCUT2D eigenvalue weighted by molar-refractivity contribution is -0.0376. The number of rotatable bonds is 3. The normalized spacial score (nSPS) is 45.3. The van der Waals surface area contributed by atoms with Gasteiger partial charge < -0.3 is 5.73 Å². The Morgan fingerprint density at radius 1 is 1.05 bits per heavy atom. The Morgan fingerprint density at radius 3 is 2.26 bits per heavy atom. The molecule has 0 spiro atoms.